The number of carbonyl (C=O) groups is 1. The van der Waals surface area contributed by atoms with Crippen LogP contribution in [0.5, 0.6) is 0 Å². The Kier molecular flexibility index (Phi) is 10.4. The molecule has 0 atom stereocenters. The summed E-state index contributed by atoms with van der Waals surface area (Å²) in [6.45, 7) is 1.07. The smallest absolute Gasteiger partial charge is 0.224 e. The van der Waals surface area contributed by atoms with Crippen LogP contribution in [0.4, 0.5) is 0 Å². The highest BCUT2D eigenvalue weighted by molar-refractivity contribution is 9.09. The molecule has 0 aliphatic rings. The van der Waals surface area contributed by atoms with Gasteiger partial charge in [0.15, 0.2) is 0 Å². The minimum atomic E-state index is -0.0395. The fraction of sp³-hybridized carbons (Fsp3) is 0.545. The number of nitrogens with two attached hydrogens (primary N) is 1. The van der Waals surface area contributed by atoms with E-state index in [1.807, 2.05) is 18.2 Å². The molecule has 4 nitrogen and oxygen atoms in total. The topological polar surface area (TPSA) is 75.4 Å². The minimum Gasteiger partial charge on any atom is -0.396 e. The highest BCUT2D eigenvalue weighted by Gasteiger charge is 2.02. The number of aliphatic hydroxyl groups excluding tert-OH is 1. The molecule has 16 heavy (non-hydrogen) atoms. The maximum atomic E-state index is 11.5. The minimum absolute atomic E-state index is 0.0395. The summed E-state index contributed by atoms with van der Waals surface area (Å²) >= 11 is 3.29. The van der Waals surface area contributed by atoms with Crippen molar-refractivity contribution in [2.75, 3.05) is 25.0 Å². The number of nitrogens with one attached hydrogen (secondary N) is 1. The molecule has 0 aliphatic heterocycles. The molecule has 0 unspecified atom stereocenters. The fourth-order valence-electron chi connectivity index (χ4n) is 1.07. The Labute approximate surface area is 105 Å². The Morgan fingerprint density at radius 3 is 2.81 bits per heavy atom. The van der Waals surface area contributed by atoms with Crippen molar-refractivity contribution in [3.63, 3.8) is 0 Å². The summed E-state index contributed by atoms with van der Waals surface area (Å²) in [5.41, 5.74) is 6.28. The van der Waals surface area contributed by atoms with Crippen molar-refractivity contribution >= 4 is 21.8 Å². The van der Waals surface area contributed by atoms with Crippen molar-refractivity contribution in [2.24, 2.45) is 5.73 Å². The average molecular weight is 291 g/mol. The van der Waals surface area contributed by atoms with Crippen molar-refractivity contribution in [3.05, 3.63) is 23.8 Å². The first-order chi connectivity index (χ1) is 7.74. The molecular formula is C11H19BrN2O2. The lowest BCUT2D eigenvalue weighted by Gasteiger charge is -2.04. The number of carbonyl (C=O) groups excluding carboxylic acids is 1. The van der Waals surface area contributed by atoms with Crippen LogP contribution in [0.1, 0.15) is 12.8 Å². The first kappa shape index (κ1) is 15.3. The molecule has 0 saturated carbocycles. The molecule has 1 amide bonds. The maximum absolute atomic E-state index is 11.5. The van der Waals surface area contributed by atoms with Gasteiger partial charge in [-0.1, -0.05) is 34.2 Å². The van der Waals surface area contributed by atoms with E-state index in [2.05, 4.69) is 21.2 Å². The van der Waals surface area contributed by atoms with Crippen LogP contribution in [-0.4, -0.2) is 36.0 Å². The lowest BCUT2D eigenvalue weighted by Crippen LogP contribution is -2.25. The van der Waals surface area contributed by atoms with Crippen molar-refractivity contribution in [1.82, 2.24) is 5.32 Å². The van der Waals surface area contributed by atoms with Gasteiger partial charge in [-0.15, -0.1) is 0 Å². The quantitative estimate of drug-likeness (QED) is 0.350. The van der Waals surface area contributed by atoms with Gasteiger partial charge in [0.25, 0.3) is 0 Å². The number of allylic oxidation sites excluding steroid dienone is 2. The lowest BCUT2D eigenvalue weighted by molar-refractivity contribution is -0.120. The number of alkyl halides is 1. The maximum Gasteiger partial charge on any atom is 0.224 e. The summed E-state index contributed by atoms with van der Waals surface area (Å²) in [7, 11) is 0. The largest absolute Gasteiger partial charge is 0.396 e. The van der Waals surface area contributed by atoms with Gasteiger partial charge in [-0.05, 0) is 12.0 Å². The molecule has 0 bridgehead atoms. The monoisotopic (exact) mass is 290 g/mol. The predicted molar refractivity (Wildman–Crippen MR) is 69.4 cm³/mol. The van der Waals surface area contributed by atoms with Crippen LogP contribution in [0.2, 0.25) is 0 Å². The Hall–Kier alpha value is -0.650. The van der Waals surface area contributed by atoms with E-state index in [-0.39, 0.29) is 12.5 Å². The summed E-state index contributed by atoms with van der Waals surface area (Å²) in [5.74, 6) is -0.0395. The second-order valence-corrected chi connectivity index (χ2v) is 3.82. The summed E-state index contributed by atoms with van der Waals surface area (Å²) in [6, 6.07) is 0. The summed E-state index contributed by atoms with van der Waals surface area (Å²) in [6.07, 6.45) is 6.52. The molecule has 0 radical (unpaired) electrons. The molecule has 0 aromatic heterocycles. The number of hydrogen-bond acceptors (Lipinski definition) is 3. The van der Waals surface area contributed by atoms with Gasteiger partial charge >= 0.3 is 0 Å². The normalized spacial score (nSPS) is 12.1. The van der Waals surface area contributed by atoms with Crippen molar-refractivity contribution in [3.8, 4) is 0 Å². The molecule has 0 fully saturated rings. The highest BCUT2D eigenvalue weighted by Crippen LogP contribution is 2.04. The second kappa shape index (κ2) is 10.9. The van der Waals surface area contributed by atoms with Crippen LogP contribution in [0.3, 0.4) is 0 Å². The molecule has 0 saturated heterocycles. The number of aliphatic hydroxyl groups is 1. The van der Waals surface area contributed by atoms with Crippen molar-refractivity contribution in [1.29, 1.82) is 0 Å². The molecular weight excluding hydrogens is 272 g/mol. The molecule has 0 spiro atoms. The summed E-state index contributed by atoms with van der Waals surface area (Å²) in [5, 5.41) is 12.0. The Morgan fingerprint density at radius 2 is 2.25 bits per heavy atom. The van der Waals surface area contributed by atoms with Gasteiger partial charge in [-0.3, -0.25) is 4.79 Å². The molecule has 0 heterocycles. The molecule has 5 heteroatoms. The number of hydrogen-bond donors (Lipinski definition) is 3. The SMILES string of the molecule is NC/C=C\C(=C/CBr)CC(=O)NCCCO. The van der Waals surface area contributed by atoms with Crippen molar-refractivity contribution < 1.29 is 9.90 Å². The van der Waals surface area contributed by atoms with E-state index in [1.165, 1.54) is 0 Å². The van der Waals surface area contributed by atoms with Gasteiger partial charge in [0.05, 0.1) is 6.42 Å². The first-order valence-electron chi connectivity index (χ1n) is 5.23. The highest BCUT2D eigenvalue weighted by atomic mass is 79.9. The van der Waals surface area contributed by atoms with Crippen LogP contribution in [0, 0.1) is 0 Å². The van der Waals surface area contributed by atoms with E-state index in [0.29, 0.717) is 31.3 Å². The van der Waals surface area contributed by atoms with E-state index >= 15 is 0 Å². The van der Waals surface area contributed by atoms with Gasteiger partial charge in [0.1, 0.15) is 0 Å². The van der Waals surface area contributed by atoms with Crippen LogP contribution in [0.15, 0.2) is 23.8 Å². The Balaban J connectivity index is 4.03. The van der Waals surface area contributed by atoms with Gasteiger partial charge in [0, 0.05) is 25.0 Å². The zero-order chi connectivity index (χ0) is 12.2. The lowest BCUT2D eigenvalue weighted by atomic mass is 10.1. The predicted octanol–water partition coefficient (Wildman–Crippen LogP) is 0.711. The zero-order valence-electron chi connectivity index (χ0n) is 9.29. The molecule has 0 aromatic carbocycles. The Morgan fingerprint density at radius 1 is 1.50 bits per heavy atom. The van der Waals surface area contributed by atoms with Gasteiger partial charge in [-0.25, -0.2) is 0 Å². The van der Waals surface area contributed by atoms with E-state index in [4.69, 9.17) is 10.8 Å². The van der Waals surface area contributed by atoms with Crippen LogP contribution < -0.4 is 11.1 Å². The van der Waals surface area contributed by atoms with E-state index < -0.39 is 0 Å². The van der Waals surface area contributed by atoms with Gasteiger partial charge < -0.3 is 16.2 Å². The molecule has 0 aliphatic carbocycles. The molecule has 0 aromatic rings. The van der Waals surface area contributed by atoms with Gasteiger partial charge in [0.2, 0.25) is 5.91 Å². The third-order valence-corrected chi connectivity index (χ3v) is 2.15. The molecule has 0 rings (SSSR count). The standard InChI is InChI=1S/C11H19BrN2O2/c12-5-4-10(3-1-6-13)9-11(16)14-7-2-8-15/h1,3-4,15H,2,5-9,13H2,(H,14,16)/b3-1-,10-4+. The third-order valence-electron chi connectivity index (χ3n) is 1.83. The van der Waals surface area contributed by atoms with Crippen LogP contribution in [0.25, 0.3) is 0 Å². The number of amides is 1. The Bertz CT molecular complexity index is 252. The first-order valence-corrected chi connectivity index (χ1v) is 6.36. The molecule has 4 N–H and O–H groups in total. The van der Waals surface area contributed by atoms with Crippen LogP contribution in [-0.2, 0) is 4.79 Å². The summed E-state index contributed by atoms with van der Waals surface area (Å²) < 4.78 is 0. The number of rotatable bonds is 8. The summed E-state index contributed by atoms with van der Waals surface area (Å²) in [4.78, 5) is 11.5. The van der Waals surface area contributed by atoms with Gasteiger partial charge in [-0.2, -0.15) is 0 Å². The van der Waals surface area contributed by atoms with E-state index in [9.17, 15) is 4.79 Å². The van der Waals surface area contributed by atoms with Crippen molar-refractivity contribution in [2.45, 2.75) is 12.8 Å². The van der Waals surface area contributed by atoms with Crippen LogP contribution >= 0.6 is 15.9 Å². The zero-order valence-corrected chi connectivity index (χ0v) is 10.9. The average Bonchev–Trinajstić information content (AvgIpc) is 2.26. The fourth-order valence-corrected chi connectivity index (χ4v) is 1.49. The van der Waals surface area contributed by atoms with E-state index in [1.54, 1.807) is 0 Å². The molecule has 92 valence electrons. The third kappa shape index (κ3) is 8.64. The number of halogens is 1. The second-order valence-electron chi connectivity index (χ2n) is 3.18. The van der Waals surface area contributed by atoms with E-state index in [0.717, 1.165) is 5.57 Å².